The number of fused-ring (bicyclic) bond motifs is 5. The van der Waals surface area contributed by atoms with E-state index in [1.54, 1.807) is 13.0 Å². The van der Waals surface area contributed by atoms with Gasteiger partial charge < -0.3 is 55.1 Å². The molecular formula is C34H49FO13. The van der Waals surface area contributed by atoms with Crippen LogP contribution in [0.25, 0.3) is 0 Å². The van der Waals surface area contributed by atoms with Gasteiger partial charge in [-0.1, -0.05) is 25.5 Å². The number of halogens is 1. The summed E-state index contributed by atoms with van der Waals surface area (Å²) in [7, 11) is 0. The van der Waals surface area contributed by atoms with E-state index in [1.165, 1.54) is 12.2 Å². The number of carbonyl (C=O) groups is 2. The summed E-state index contributed by atoms with van der Waals surface area (Å²) in [4.78, 5) is 26.7. The van der Waals surface area contributed by atoms with Crippen LogP contribution in [0.1, 0.15) is 52.9 Å². The summed E-state index contributed by atoms with van der Waals surface area (Å²) < 4.78 is 36.2. The molecule has 0 spiro atoms. The van der Waals surface area contributed by atoms with E-state index in [0.29, 0.717) is 24.8 Å². The fraction of sp³-hybridized carbons (Fsp3) is 0.824. The minimum absolute atomic E-state index is 0.0419. The highest BCUT2D eigenvalue weighted by Crippen LogP contribution is 2.70. The summed E-state index contributed by atoms with van der Waals surface area (Å²) in [5, 5.41) is 82.5. The van der Waals surface area contributed by atoms with Crippen LogP contribution in [-0.4, -0.2) is 139 Å². The monoisotopic (exact) mass is 684 g/mol. The first-order chi connectivity index (χ1) is 22.5. The molecule has 13 nitrogen and oxygen atoms in total. The number of Topliss-reactive ketones (excluding diaryl/α,β-unsaturated/α-hetero) is 1. The van der Waals surface area contributed by atoms with E-state index >= 15 is 4.39 Å². The highest BCUT2D eigenvalue weighted by molar-refractivity contribution is 6.01. The van der Waals surface area contributed by atoms with Gasteiger partial charge in [-0.25, -0.2) is 4.39 Å². The molecule has 3 saturated carbocycles. The molecule has 48 heavy (non-hydrogen) atoms. The van der Waals surface area contributed by atoms with Crippen molar-refractivity contribution in [2.75, 3.05) is 13.2 Å². The second kappa shape index (κ2) is 12.8. The van der Waals surface area contributed by atoms with E-state index < -0.39 is 109 Å². The molecule has 6 aliphatic rings. The van der Waals surface area contributed by atoms with Gasteiger partial charge in [0.2, 0.25) is 0 Å². The maximum Gasteiger partial charge on any atom is 0.187 e. The van der Waals surface area contributed by atoms with Crippen LogP contribution in [0.5, 0.6) is 0 Å². The average molecular weight is 685 g/mol. The maximum atomic E-state index is 18.6. The number of hydrogen-bond donors (Lipinski definition) is 8. The molecule has 0 radical (unpaired) electrons. The van der Waals surface area contributed by atoms with Gasteiger partial charge in [-0.15, -0.1) is 0 Å². The normalized spacial score (nSPS) is 53.5. The Bertz CT molecular complexity index is 1320. The number of allylic oxidation sites excluding steroid dienone is 4. The van der Waals surface area contributed by atoms with Crippen molar-refractivity contribution < 1.29 is 69.0 Å². The number of aliphatic hydroxyl groups excluding tert-OH is 8. The quantitative estimate of drug-likeness (QED) is 0.159. The Morgan fingerprint density at radius 3 is 2.17 bits per heavy atom. The zero-order valence-electron chi connectivity index (χ0n) is 27.3. The standard InChI is InChI=1S/C34H49FO13/c1-14-8-18-17-5-4-15-9-16(38)6-7-33(15,3)34(17,35)23(48-31-30(45)29(44)27(42)22(13-37)47-31)11-32(18,2)24(14)19(39)10-20-25(40)28(43)26(41)21(12-36)46-20/h6-7,9,14,17-18,20-31,36-37,40-45H,4-5,8,10-13H2,1-3H3/t14?,17-,18-,20-,21+,22+,23?,24+,25-,26-,27-,28+,29-,30+,31-,32-,33-,34-/m0/s1. The molecule has 0 amide bonds. The fourth-order valence-electron chi connectivity index (χ4n) is 10.4. The fourth-order valence-corrected chi connectivity index (χ4v) is 10.4. The second-order valence-electron chi connectivity index (χ2n) is 15.4. The van der Waals surface area contributed by atoms with Crippen molar-refractivity contribution in [1.82, 2.24) is 0 Å². The number of hydrogen-bond acceptors (Lipinski definition) is 13. The third kappa shape index (κ3) is 5.29. The summed E-state index contributed by atoms with van der Waals surface area (Å²) in [6.45, 7) is 4.16. The third-order valence-electron chi connectivity index (χ3n) is 12.8. The molecule has 0 aromatic rings. The number of ether oxygens (including phenoxy) is 3. The van der Waals surface area contributed by atoms with Crippen LogP contribution in [0.3, 0.4) is 0 Å². The zero-order valence-corrected chi connectivity index (χ0v) is 27.3. The Morgan fingerprint density at radius 1 is 0.917 bits per heavy atom. The van der Waals surface area contributed by atoms with Crippen molar-refractivity contribution in [3.63, 3.8) is 0 Å². The lowest BCUT2D eigenvalue weighted by Crippen LogP contribution is -2.69. The second-order valence-corrected chi connectivity index (χ2v) is 15.4. The third-order valence-corrected chi connectivity index (χ3v) is 12.8. The van der Waals surface area contributed by atoms with Gasteiger partial charge in [0.05, 0.1) is 25.4 Å². The molecule has 8 N–H and O–H groups in total. The summed E-state index contributed by atoms with van der Waals surface area (Å²) >= 11 is 0. The molecule has 0 bridgehead atoms. The molecule has 4 aliphatic carbocycles. The largest absolute Gasteiger partial charge is 0.394 e. The first kappa shape index (κ1) is 36.1. The van der Waals surface area contributed by atoms with Crippen LogP contribution < -0.4 is 0 Å². The highest BCUT2D eigenvalue weighted by atomic mass is 19.1. The predicted octanol–water partition coefficient (Wildman–Crippen LogP) is -1.15. The van der Waals surface area contributed by atoms with E-state index in [4.69, 9.17) is 14.2 Å². The van der Waals surface area contributed by atoms with Gasteiger partial charge >= 0.3 is 0 Å². The zero-order chi connectivity index (χ0) is 35.1. The average Bonchev–Trinajstić information content (AvgIpc) is 3.31. The smallest absolute Gasteiger partial charge is 0.187 e. The van der Waals surface area contributed by atoms with Crippen LogP contribution in [0.15, 0.2) is 23.8 Å². The van der Waals surface area contributed by atoms with E-state index in [9.17, 15) is 50.4 Å². The van der Waals surface area contributed by atoms with Gasteiger partial charge in [0.15, 0.2) is 17.7 Å². The van der Waals surface area contributed by atoms with E-state index in [0.717, 1.165) is 0 Å². The van der Waals surface area contributed by atoms with Crippen LogP contribution >= 0.6 is 0 Å². The van der Waals surface area contributed by atoms with E-state index in [-0.39, 0.29) is 36.2 Å². The van der Waals surface area contributed by atoms with Crippen LogP contribution in [0, 0.1) is 34.5 Å². The number of ketones is 2. The Balaban J connectivity index is 1.36. The number of rotatable bonds is 7. The summed E-state index contributed by atoms with van der Waals surface area (Å²) in [6.07, 6.45) is -11.5. The molecule has 0 aromatic carbocycles. The topological polar surface area (TPSA) is 224 Å². The molecule has 14 heteroatoms. The van der Waals surface area contributed by atoms with Crippen LogP contribution in [0.2, 0.25) is 0 Å². The van der Waals surface area contributed by atoms with Crippen molar-refractivity contribution in [1.29, 1.82) is 0 Å². The Kier molecular flexibility index (Phi) is 9.64. The lowest BCUT2D eigenvalue weighted by Gasteiger charge is -2.63. The first-order valence-corrected chi connectivity index (χ1v) is 17.0. The Labute approximate surface area is 278 Å². The lowest BCUT2D eigenvalue weighted by atomic mass is 9.45. The molecule has 2 saturated heterocycles. The number of aliphatic hydroxyl groups is 8. The van der Waals surface area contributed by atoms with Crippen LogP contribution in [0.4, 0.5) is 4.39 Å². The summed E-state index contributed by atoms with van der Waals surface area (Å²) in [6, 6.07) is 0. The molecule has 2 heterocycles. The SMILES string of the molecule is CC1C[C@H]2[C@@H]3CCC4=CC(=O)C=C[C@]4(C)[C@@]3(F)C(O[C@@H]3O[C@H](CO)[C@H](O)[C@H](O)[C@H]3O)C[C@]2(C)[C@H]1C(=O)C[C@@H]1O[C@H](CO)[C@H](O)[C@H](O)[C@H]1O. The molecule has 5 fully saturated rings. The molecule has 0 aromatic heterocycles. The van der Waals surface area contributed by atoms with Gasteiger partial charge in [-0.3, -0.25) is 9.59 Å². The van der Waals surface area contributed by atoms with E-state index in [2.05, 4.69) is 0 Å². The van der Waals surface area contributed by atoms with Crippen molar-refractivity contribution in [3.05, 3.63) is 23.8 Å². The minimum Gasteiger partial charge on any atom is -0.394 e. The van der Waals surface area contributed by atoms with Crippen molar-refractivity contribution in [2.45, 2.75) is 126 Å². The van der Waals surface area contributed by atoms with Gasteiger partial charge in [-0.2, -0.15) is 0 Å². The first-order valence-electron chi connectivity index (χ1n) is 17.0. The van der Waals surface area contributed by atoms with E-state index in [1.807, 2.05) is 13.8 Å². The van der Waals surface area contributed by atoms with Crippen molar-refractivity contribution >= 4 is 11.6 Å². The Morgan fingerprint density at radius 2 is 1.52 bits per heavy atom. The maximum absolute atomic E-state index is 18.6. The summed E-state index contributed by atoms with van der Waals surface area (Å²) in [5.74, 6) is -2.51. The Hall–Kier alpha value is -1.69. The number of alkyl halides is 1. The number of carbonyl (C=O) groups excluding carboxylic acids is 2. The molecule has 2 unspecified atom stereocenters. The van der Waals surface area contributed by atoms with Gasteiger partial charge in [0, 0.05) is 23.7 Å². The molecule has 18 atom stereocenters. The highest BCUT2D eigenvalue weighted by Gasteiger charge is 2.73. The minimum atomic E-state index is -2.17. The van der Waals surface area contributed by atoms with Crippen LogP contribution in [-0.2, 0) is 23.8 Å². The lowest BCUT2D eigenvalue weighted by molar-refractivity contribution is -0.337. The van der Waals surface area contributed by atoms with Gasteiger partial charge in [-0.05, 0) is 62.0 Å². The molecular weight excluding hydrogens is 635 g/mol. The van der Waals surface area contributed by atoms with Crippen molar-refractivity contribution in [3.8, 4) is 0 Å². The van der Waals surface area contributed by atoms with Gasteiger partial charge in [0.1, 0.15) is 54.6 Å². The summed E-state index contributed by atoms with van der Waals surface area (Å²) in [5.41, 5.74) is -3.77. The molecule has 270 valence electrons. The molecule has 2 aliphatic heterocycles. The predicted molar refractivity (Wildman–Crippen MR) is 162 cm³/mol. The van der Waals surface area contributed by atoms with Crippen molar-refractivity contribution in [2.24, 2.45) is 34.5 Å². The van der Waals surface area contributed by atoms with Gasteiger partial charge in [0.25, 0.3) is 0 Å². The molecule has 6 rings (SSSR count).